The number of nitrogens with one attached hydrogen (secondary N) is 1. The summed E-state index contributed by atoms with van der Waals surface area (Å²) in [6.07, 6.45) is 1.12. The van der Waals surface area contributed by atoms with E-state index in [4.69, 9.17) is 4.74 Å². The molecule has 1 aliphatic rings. The van der Waals surface area contributed by atoms with Crippen molar-refractivity contribution in [1.82, 2.24) is 5.32 Å². The molecule has 0 bridgehead atoms. The normalized spacial score (nSPS) is 22.2. The van der Waals surface area contributed by atoms with Crippen LogP contribution in [0.15, 0.2) is 24.3 Å². The summed E-state index contributed by atoms with van der Waals surface area (Å²) < 4.78 is 18.3. The Kier molecular flexibility index (Phi) is 3.91. The lowest BCUT2D eigenvalue weighted by Crippen LogP contribution is -2.33. The van der Waals surface area contributed by atoms with E-state index in [0.717, 1.165) is 31.7 Å². The minimum absolute atomic E-state index is 0.170. The van der Waals surface area contributed by atoms with Crippen LogP contribution in [-0.4, -0.2) is 19.3 Å². The SMILES string of the molecule is CC(NCc1cccc(F)c1)C1CCOC1. The van der Waals surface area contributed by atoms with Crippen molar-refractivity contribution in [3.63, 3.8) is 0 Å². The molecule has 2 unspecified atom stereocenters. The minimum Gasteiger partial charge on any atom is -0.381 e. The predicted octanol–water partition coefficient (Wildman–Crippen LogP) is 2.34. The summed E-state index contributed by atoms with van der Waals surface area (Å²) in [5.74, 6) is 0.421. The second-order valence-electron chi connectivity index (χ2n) is 4.42. The van der Waals surface area contributed by atoms with Gasteiger partial charge in [-0.3, -0.25) is 0 Å². The lowest BCUT2D eigenvalue weighted by Gasteiger charge is -2.19. The van der Waals surface area contributed by atoms with Crippen LogP contribution in [0.5, 0.6) is 0 Å². The number of rotatable bonds is 4. The van der Waals surface area contributed by atoms with Crippen LogP contribution in [0.3, 0.4) is 0 Å². The summed E-state index contributed by atoms with van der Waals surface area (Å²) in [7, 11) is 0. The van der Waals surface area contributed by atoms with Crippen molar-refractivity contribution in [2.75, 3.05) is 13.2 Å². The molecule has 1 saturated heterocycles. The maximum Gasteiger partial charge on any atom is 0.123 e. The highest BCUT2D eigenvalue weighted by Crippen LogP contribution is 2.16. The molecule has 0 saturated carbocycles. The summed E-state index contributed by atoms with van der Waals surface area (Å²) in [5.41, 5.74) is 0.991. The first kappa shape index (κ1) is 11.6. The maximum atomic E-state index is 12.9. The molecular weight excluding hydrogens is 205 g/mol. The number of hydrogen-bond donors (Lipinski definition) is 1. The van der Waals surface area contributed by atoms with E-state index in [2.05, 4.69) is 12.2 Å². The molecule has 2 nitrogen and oxygen atoms in total. The molecular formula is C13H18FNO. The fraction of sp³-hybridized carbons (Fsp3) is 0.538. The molecule has 1 fully saturated rings. The molecule has 2 atom stereocenters. The third kappa shape index (κ3) is 3.03. The minimum atomic E-state index is -0.170. The summed E-state index contributed by atoms with van der Waals surface area (Å²) >= 11 is 0. The zero-order valence-corrected chi connectivity index (χ0v) is 9.58. The average Bonchev–Trinajstić information content (AvgIpc) is 2.79. The van der Waals surface area contributed by atoms with Gasteiger partial charge in [0.2, 0.25) is 0 Å². The Morgan fingerprint density at radius 1 is 1.56 bits per heavy atom. The lowest BCUT2D eigenvalue weighted by molar-refractivity contribution is 0.178. The summed E-state index contributed by atoms with van der Waals surface area (Å²) in [5, 5.41) is 3.42. The Morgan fingerprint density at radius 3 is 3.12 bits per heavy atom. The van der Waals surface area contributed by atoms with Crippen LogP contribution in [-0.2, 0) is 11.3 Å². The topological polar surface area (TPSA) is 21.3 Å². The molecule has 0 aromatic heterocycles. The van der Waals surface area contributed by atoms with Crippen LogP contribution in [0.4, 0.5) is 4.39 Å². The summed E-state index contributed by atoms with van der Waals surface area (Å²) in [6.45, 7) is 4.60. The molecule has 2 rings (SSSR count). The van der Waals surface area contributed by atoms with Gasteiger partial charge in [0.1, 0.15) is 5.82 Å². The van der Waals surface area contributed by atoms with Crippen LogP contribution < -0.4 is 5.32 Å². The molecule has 1 aliphatic heterocycles. The van der Waals surface area contributed by atoms with Gasteiger partial charge in [-0.2, -0.15) is 0 Å². The molecule has 0 spiro atoms. The Balaban J connectivity index is 1.82. The zero-order valence-electron chi connectivity index (χ0n) is 9.58. The van der Waals surface area contributed by atoms with Gasteiger partial charge in [-0.15, -0.1) is 0 Å². The van der Waals surface area contributed by atoms with Crippen LogP contribution in [0.1, 0.15) is 18.9 Å². The van der Waals surface area contributed by atoms with E-state index in [-0.39, 0.29) is 5.82 Å². The van der Waals surface area contributed by atoms with E-state index < -0.39 is 0 Å². The smallest absolute Gasteiger partial charge is 0.123 e. The molecule has 1 aromatic carbocycles. The largest absolute Gasteiger partial charge is 0.381 e. The third-order valence-electron chi connectivity index (χ3n) is 3.19. The standard InChI is InChI=1S/C13H18FNO/c1-10(12-5-6-16-9-12)15-8-11-3-2-4-13(14)7-11/h2-4,7,10,12,15H,5-6,8-9H2,1H3. The second-order valence-corrected chi connectivity index (χ2v) is 4.42. The van der Waals surface area contributed by atoms with E-state index in [9.17, 15) is 4.39 Å². The third-order valence-corrected chi connectivity index (χ3v) is 3.19. The second kappa shape index (κ2) is 5.41. The fourth-order valence-corrected chi connectivity index (χ4v) is 2.04. The van der Waals surface area contributed by atoms with Gasteiger partial charge < -0.3 is 10.1 Å². The van der Waals surface area contributed by atoms with E-state index in [1.165, 1.54) is 6.07 Å². The molecule has 3 heteroatoms. The molecule has 0 radical (unpaired) electrons. The highest BCUT2D eigenvalue weighted by Gasteiger charge is 2.21. The van der Waals surface area contributed by atoms with Gasteiger partial charge >= 0.3 is 0 Å². The number of benzene rings is 1. The fourth-order valence-electron chi connectivity index (χ4n) is 2.04. The first-order chi connectivity index (χ1) is 7.75. The van der Waals surface area contributed by atoms with E-state index in [1.807, 2.05) is 6.07 Å². The average molecular weight is 223 g/mol. The summed E-state index contributed by atoms with van der Waals surface area (Å²) in [4.78, 5) is 0. The summed E-state index contributed by atoms with van der Waals surface area (Å²) in [6, 6.07) is 7.15. The van der Waals surface area contributed by atoms with Crippen molar-refractivity contribution >= 4 is 0 Å². The highest BCUT2D eigenvalue weighted by atomic mass is 19.1. The highest BCUT2D eigenvalue weighted by molar-refractivity contribution is 5.16. The van der Waals surface area contributed by atoms with Gasteiger partial charge in [0, 0.05) is 19.2 Å². The van der Waals surface area contributed by atoms with Gasteiger partial charge in [-0.25, -0.2) is 4.39 Å². The first-order valence-corrected chi connectivity index (χ1v) is 5.81. The quantitative estimate of drug-likeness (QED) is 0.846. The van der Waals surface area contributed by atoms with Crippen molar-refractivity contribution in [3.8, 4) is 0 Å². The molecule has 0 aliphatic carbocycles. The molecule has 0 amide bonds. The van der Waals surface area contributed by atoms with Gasteiger partial charge in [0.05, 0.1) is 6.61 Å². The van der Waals surface area contributed by atoms with Crippen molar-refractivity contribution in [1.29, 1.82) is 0 Å². The van der Waals surface area contributed by atoms with Crippen molar-refractivity contribution < 1.29 is 9.13 Å². The van der Waals surface area contributed by atoms with E-state index in [1.54, 1.807) is 12.1 Å². The van der Waals surface area contributed by atoms with Crippen LogP contribution in [0.25, 0.3) is 0 Å². The monoisotopic (exact) mass is 223 g/mol. The van der Waals surface area contributed by atoms with Crippen LogP contribution >= 0.6 is 0 Å². The van der Waals surface area contributed by atoms with Gasteiger partial charge in [-0.1, -0.05) is 12.1 Å². The molecule has 16 heavy (non-hydrogen) atoms. The predicted molar refractivity (Wildman–Crippen MR) is 61.6 cm³/mol. The van der Waals surface area contributed by atoms with E-state index >= 15 is 0 Å². The zero-order chi connectivity index (χ0) is 11.4. The Hall–Kier alpha value is -0.930. The molecule has 1 heterocycles. The van der Waals surface area contributed by atoms with E-state index in [0.29, 0.717) is 12.0 Å². The van der Waals surface area contributed by atoms with Gasteiger partial charge in [0.15, 0.2) is 0 Å². The Labute approximate surface area is 95.8 Å². The number of halogens is 1. The Bertz CT molecular complexity index is 336. The molecule has 1 N–H and O–H groups in total. The molecule has 1 aromatic rings. The van der Waals surface area contributed by atoms with Crippen molar-refractivity contribution in [2.24, 2.45) is 5.92 Å². The van der Waals surface area contributed by atoms with Crippen molar-refractivity contribution in [2.45, 2.75) is 25.9 Å². The van der Waals surface area contributed by atoms with Crippen LogP contribution in [0, 0.1) is 11.7 Å². The number of hydrogen-bond acceptors (Lipinski definition) is 2. The van der Waals surface area contributed by atoms with Gasteiger partial charge in [-0.05, 0) is 37.0 Å². The maximum absolute atomic E-state index is 12.9. The van der Waals surface area contributed by atoms with Gasteiger partial charge in [0.25, 0.3) is 0 Å². The van der Waals surface area contributed by atoms with Crippen LogP contribution in [0.2, 0.25) is 0 Å². The molecule has 88 valence electrons. The first-order valence-electron chi connectivity index (χ1n) is 5.81. The lowest BCUT2D eigenvalue weighted by atomic mass is 10.0. The Morgan fingerprint density at radius 2 is 2.44 bits per heavy atom. The van der Waals surface area contributed by atoms with Crippen molar-refractivity contribution in [3.05, 3.63) is 35.6 Å². The number of ether oxygens (including phenoxy) is 1.